The van der Waals surface area contributed by atoms with E-state index in [9.17, 15) is 15.3 Å². The molecule has 1 aliphatic heterocycles. The van der Waals surface area contributed by atoms with Crippen LogP contribution in [0.25, 0.3) is 0 Å². The van der Waals surface area contributed by atoms with E-state index in [1.165, 1.54) is 0 Å². The van der Waals surface area contributed by atoms with E-state index in [-0.39, 0.29) is 16.7 Å². The second-order valence-corrected chi connectivity index (χ2v) is 20.0. The highest BCUT2D eigenvalue weighted by Gasteiger charge is 2.50. The molecule has 1 rings (SSSR count). The molecule has 5 atom stereocenters. The molecule has 0 aromatic rings. The van der Waals surface area contributed by atoms with Gasteiger partial charge >= 0.3 is 0 Å². The maximum Gasteiger partial charge on any atom is 0.192 e. The lowest BCUT2D eigenvalue weighted by Crippen LogP contribution is -2.63. The Morgan fingerprint density at radius 3 is 1.69 bits per heavy atom. The number of hydrogen-bond donors (Lipinski definition) is 3. The number of ether oxygens (including phenoxy) is 1. The summed E-state index contributed by atoms with van der Waals surface area (Å²) in [5.41, 5.74) is 0. The summed E-state index contributed by atoms with van der Waals surface area (Å²) in [5, 5.41) is 31.2. The maximum absolute atomic E-state index is 10.8. The molecule has 0 spiro atoms. The molecular formula is C18H40O6Si2. The van der Waals surface area contributed by atoms with E-state index in [0.29, 0.717) is 0 Å². The van der Waals surface area contributed by atoms with E-state index >= 15 is 0 Å². The monoisotopic (exact) mass is 408 g/mol. The van der Waals surface area contributed by atoms with Gasteiger partial charge < -0.3 is 28.9 Å². The van der Waals surface area contributed by atoms with Crippen LogP contribution < -0.4 is 0 Å². The van der Waals surface area contributed by atoms with Crippen LogP contribution in [0.5, 0.6) is 0 Å². The van der Waals surface area contributed by atoms with Crippen molar-refractivity contribution in [1.82, 2.24) is 0 Å². The van der Waals surface area contributed by atoms with Crippen molar-refractivity contribution in [3.63, 3.8) is 0 Å². The number of aliphatic hydroxyl groups excluding tert-OH is 3. The van der Waals surface area contributed by atoms with Crippen LogP contribution in [0.2, 0.25) is 36.3 Å². The molecule has 0 aromatic carbocycles. The van der Waals surface area contributed by atoms with E-state index in [0.717, 1.165) is 0 Å². The summed E-state index contributed by atoms with van der Waals surface area (Å²) in [6.07, 6.45) is -5.39. The lowest BCUT2D eigenvalue weighted by molar-refractivity contribution is -0.282. The summed E-state index contributed by atoms with van der Waals surface area (Å²) >= 11 is 0. The van der Waals surface area contributed by atoms with Gasteiger partial charge in [-0.2, -0.15) is 0 Å². The van der Waals surface area contributed by atoms with Gasteiger partial charge in [0.1, 0.15) is 24.4 Å². The SMILES string of the molecule is CC(C)(C)[Si](C)(C)OC[C@H]1O[C@@H](O)[C@H](O)[C@@H](O[Si](C)(C)C(C)(C)C)[C@@H]1O. The molecule has 156 valence electrons. The van der Waals surface area contributed by atoms with Crippen LogP contribution >= 0.6 is 0 Å². The molecule has 0 unspecified atom stereocenters. The Hall–Kier alpha value is 0.194. The van der Waals surface area contributed by atoms with Crippen molar-refractivity contribution in [1.29, 1.82) is 0 Å². The summed E-state index contributed by atoms with van der Waals surface area (Å²) in [6, 6.07) is 0. The molecule has 3 N–H and O–H groups in total. The molecule has 0 aliphatic carbocycles. The standard InChI is InChI=1S/C18H40O6Si2/c1-17(2,3)25(7,8)22-11-12-13(19)15(14(20)16(21)23-12)24-26(9,10)18(4,5)6/h12-16,19-21H,11H2,1-10H3/t12-,13-,14-,15+,16-/m1/s1. The van der Waals surface area contributed by atoms with Crippen molar-refractivity contribution >= 4 is 16.6 Å². The van der Waals surface area contributed by atoms with Crippen molar-refractivity contribution in [2.75, 3.05) is 6.61 Å². The fraction of sp³-hybridized carbons (Fsp3) is 1.00. The quantitative estimate of drug-likeness (QED) is 0.606. The van der Waals surface area contributed by atoms with Crippen LogP contribution in [0, 0.1) is 0 Å². The van der Waals surface area contributed by atoms with Gasteiger partial charge in [0, 0.05) is 0 Å². The molecular weight excluding hydrogens is 368 g/mol. The molecule has 8 heteroatoms. The highest BCUT2D eigenvalue weighted by atomic mass is 28.4. The lowest BCUT2D eigenvalue weighted by atomic mass is 9.99. The summed E-state index contributed by atoms with van der Waals surface area (Å²) < 4.78 is 17.8. The first-order valence-electron chi connectivity index (χ1n) is 9.42. The Balaban J connectivity index is 2.92. The zero-order valence-electron chi connectivity index (χ0n) is 18.2. The van der Waals surface area contributed by atoms with Gasteiger partial charge in [-0.25, -0.2) is 0 Å². The fourth-order valence-electron chi connectivity index (χ4n) is 2.22. The molecule has 0 radical (unpaired) electrons. The van der Waals surface area contributed by atoms with Crippen LogP contribution in [0.3, 0.4) is 0 Å². The maximum atomic E-state index is 10.8. The molecule has 1 aliphatic rings. The minimum atomic E-state index is -2.24. The Morgan fingerprint density at radius 2 is 1.27 bits per heavy atom. The number of rotatable bonds is 5. The fourth-order valence-corrected chi connectivity index (χ4v) is 4.54. The average Bonchev–Trinajstić information content (AvgIpc) is 2.43. The van der Waals surface area contributed by atoms with E-state index in [1.54, 1.807) is 0 Å². The van der Waals surface area contributed by atoms with Gasteiger partial charge in [-0.05, 0) is 36.3 Å². The average molecular weight is 409 g/mol. The van der Waals surface area contributed by atoms with E-state index in [1.807, 2.05) is 0 Å². The van der Waals surface area contributed by atoms with Crippen LogP contribution in [0.15, 0.2) is 0 Å². The molecule has 0 amide bonds. The predicted molar refractivity (Wildman–Crippen MR) is 108 cm³/mol. The predicted octanol–water partition coefficient (Wildman–Crippen LogP) is 2.84. The van der Waals surface area contributed by atoms with E-state index < -0.39 is 47.3 Å². The van der Waals surface area contributed by atoms with Gasteiger partial charge in [0.05, 0.1) is 6.61 Å². The summed E-state index contributed by atoms with van der Waals surface area (Å²) in [7, 11) is -4.27. The van der Waals surface area contributed by atoms with Gasteiger partial charge in [-0.1, -0.05) is 41.5 Å². The molecule has 0 aromatic heterocycles. The van der Waals surface area contributed by atoms with Crippen LogP contribution in [-0.2, 0) is 13.6 Å². The third kappa shape index (κ3) is 5.38. The van der Waals surface area contributed by atoms with Crippen LogP contribution in [-0.4, -0.2) is 69.3 Å². The molecule has 1 fully saturated rings. The van der Waals surface area contributed by atoms with Crippen molar-refractivity contribution < 1.29 is 28.9 Å². The first-order chi connectivity index (χ1) is 11.4. The van der Waals surface area contributed by atoms with E-state index in [2.05, 4.69) is 67.7 Å². The summed E-state index contributed by atoms with van der Waals surface area (Å²) in [4.78, 5) is 0. The number of aliphatic hydroxyl groups is 3. The Labute approximate surface area is 161 Å². The molecule has 1 heterocycles. The van der Waals surface area contributed by atoms with Crippen molar-refractivity contribution in [3.8, 4) is 0 Å². The Kier molecular flexibility index (Phi) is 7.37. The topological polar surface area (TPSA) is 88.4 Å². The minimum Gasteiger partial charge on any atom is -0.414 e. The second-order valence-electron chi connectivity index (χ2n) is 10.5. The Morgan fingerprint density at radius 1 is 0.808 bits per heavy atom. The normalized spacial score (nSPS) is 32.0. The van der Waals surface area contributed by atoms with Crippen LogP contribution in [0.1, 0.15) is 41.5 Å². The summed E-state index contributed by atoms with van der Waals surface area (Å²) in [5.74, 6) is 0. The molecule has 26 heavy (non-hydrogen) atoms. The third-order valence-electron chi connectivity index (χ3n) is 6.31. The second kappa shape index (κ2) is 7.90. The van der Waals surface area contributed by atoms with Gasteiger partial charge in [0.2, 0.25) is 0 Å². The molecule has 0 saturated carbocycles. The highest BCUT2D eigenvalue weighted by Crippen LogP contribution is 2.40. The molecule has 6 nitrogen and oxygen atoms in total. The van der Waals surface area contributed by atoms with E-state index in [4.69, 9.17) is 13.6 Å². The van der Waals surface area contributed by atoms with Crippen molar-refractivity contribution in [2.45, 2.75) is 109 Å². The first-order valence-corrected chi connectivity index (χ1v) is 15.2. The third-order valence-corrected chi connectivity index (χ3v) is 15.3. The largest absolute Gasteiger partial charge is 0.414 e. The Bertz CT molecular complexity index is 469. The van der Waals surface area contributed by atoms with Gasteiger partial charge in [-0.15, -0.1) is 0 Å². The zero-order valence-corrected chi connectivity index (χ0v) is 20.2. The highest BCUT2D eigenvalue weighted by molar-refractivity contribution is 6.74. The number of hydrogen-bond acceptors (Lipinski definition) is 6. The van der Waals surface area contributed by atoms with Gasteiger partial charge in [0.25, 0.3) is 0 Å². The minimum absolute atomic E-state index is 0.0296. The van der Waals surface area contributed by atoms with Crippen molar-refractivity contribution in [3.05, 3.63) is 0 Å². The van der Waals surface area contributed by atoms with Gasteiger partial charge in [0.15, 0.2) is 22.9 Å². The smallest absolute Gasteiger partial charge is 0.192 e. The summed E-state index contributed by atoms with van der Waals surface area (Å²) in [6.45, 7) is 21.2. The van der Waals surface area contributed by atoms with Crippen molar-refractivity contribution in [2.24, 2.45) is 0 Å². The van der Waals surface area contributed by atoms with Gasteiger partial charge in [-0.3, -0.25) is 0 Å². The molecule has 0 bridgehead atoms. The lowest BCUT2D eigenvalue weighted by Gasteiger charge is -2.47. The molecule has 1 saturated heterocycles. The first kappa shape index (κ1) is 24.2. The van der Waals surface area contributed by atoms with Crippen LogP contribution in [0.4, 0.5) is 0 Å². The zero-order chi connectivity index (χ0) is 20.7.